The fraction of sp³-hybridized carbons (Fsp3) is 0.500. The van der Waals surface area contributed by atoms with Crippen LogP contribution in [-0.2, 0) is 16.1 Å². The molecular formula is C16H21N3O2S. The Labute approximate surface area is 134 Å². The van der Waals surface area contributed by atoms with Gasteiger partial charge in [0.1, 0.15) is 6.10 Å². The number of hydrogen-bond acceptors (Lipinski definition) is 4. The molecule has 2 aromatic heterocycles. The topological polar surface area (TPSA) is 56.1 Å². The van der Waals surface area contributed by atoms with Crippen molar-refractivity contribution in [2.75, 3.05) is 6.61 Å². The number of aryl methyl sites for hydroxylation is 1. The molecule has 0 bridgehead atoms. The van der Waals surface area contributed by atoms with E-state index >= 15 is 0 Å². The van der Waals surface area contributed by atoms with Gasteiger partial charge in [0.25, 0.3) is 0 Å². The van der Waals surface area contributed by atoms with E-state index in [1.54, 1.807) is 11.3 Å². The molecule has 1 aliphatic heterocycles. The van der Waals surface area contributed by atoms with Crippen LogP contribution in [0.25, 0.3) is 0 Å². The van der Waals surface area contributed by atoms with Crippen molar-refractivity contribution in [3.8, 4) is 0 Å². The summed E-state index contributed by atoms with van der Waals surface area (Å²) in [6.07, 6.45) is 4.57. The lowest BCUT2D eigenvalue weighted by molar-refractivity contribution is -0.123. The van der Waals surface area contributed by atoms with Crippen molar-refractivity contribution < 1.29 is 9.53 Å². The summed E-state index contributed by atoms with van der Waals surface area (Å²) in [6, 6.07) is 4.00. The second kappa shape index (κ2) is 6.62. The molecule has 0 unspecified atom stereocenters. The first-order chi connectivity index (χ1) is 10.7. The zero-order chi connectivity index (χ0) is 15.5. The zero-order valence-corrected chi connectivity index (χ0v) is 13.7. The summed E-state index contributed by atoms with van der Waals surface area (Å²) in [6.45, 7) is 5.49. The summed E-state index contributed by atoms with van der Waals surface area (Å²) < 4.78 is 7.69. The monoisotopic (exact) mass is 319 g/mol. The van der Waals surface area contributed by atoms with Gasteiger partial charge in [-0.3, -0.25) is 9.48 Å². The number of thiophene rings is 1. The molecule has 0 radical (unpaired) electrons. The number of rotatable bonds is 5. The Kier molecular flexibility index (Phi) is 4.59. The quantitative estimate of drug-likeness (QED) is 0.922. The van der Waals surface area contributed by atoms with Crippen LogP contribution in [0.4, 0.5) is 0 Å². The Balaban J connectivity index is 1.67. The minimum Gasteiger partial charge on any atom is -0.371 e. The third-order valence-electron chi connectivity index (χ3n) is 4.09. The van der Waals surface area contributed by atoms with Gasteiger partial charge in [0.15, 0.2) is 0 Å². The van der Waals surface area contributed by atoms with Crippen LogP contribution in [0.3, 0.4) is 0 Å². The van der Waals surface area contributed by atoms with Crippen molar-refractivity contribution in [1.82, 2.24) is 15.1 Å². The minimum atomic E-state index is -0.125. The van der Waals surface area contributed by atoms with Gasteiger partial charge in [-0.05, 0) is 31.7 Å². The van der Waals surface area contributed by atoms with E-state index in [9.17, 15) is 4.79 Å². The molecule has 3 atom stereocenters. The van der Waals surface area contributed by atoms with E-state index in [1.807, 2.05) is 48.4 Å². The molecule has 22 heavy (non-hydrogen) atoms. The summed E-state index contributed by atoms with van der Waals surface area (Å²) in [7, 11) is 0. The Morgan fingerprint density at radius 2 is 2.50 bits per heavy atom. The lowest BCUT2D eigenvalue weighted by atomic mass is 10.0. The highest BCUT2D eigenvalue weighted by atomic mass is 32.1. The van der Waals surface area contributed by atoms with Crippen LogP contribution in [0.15, 0.2) is 29.9 Å². The third-order valence-corrected chi connectivity index (χ3v) is 5.14. The maximum Gasteiger partial charge on any atom is 0.228 e. The lowest BCUT2D eigenvalue weighted by Gasteiger charge is -2.20. The summed E-state index contributed by atoms with van der Waals surface area (Å²) in [4.78, 5) is 13.5. The molecule has 1 N–H and O–H groups in total. The van der Waals surface area contributed by atoms with E-state index in [0.717, 1.165) is 23.4 Å². The average molecular weight is 319 g/mol. The molecule has 3 rings (SSSR count). The largest absolute Gasteiger partial charge is 0.371 e. The van der Waals surface area contributed by atoms with Crippen LogP contribution in [0.1, 0.15) is 42.7 Å². The first kappa shape index (κ1) is 15.2. The van der Waals surface area contributed by atoms with Gasteiger partial charge >= 0.3 is 0 Å². The van der Waals surface area contributed by atoms with Crippen LogP contribution in [0.5, 0.6) is 0 Å². The molecule has 3 heterocycles. The van der Waals surface area contributed by atoms with Gasteiger partial charge in [-0.25, -0.2) is 0 Å². The summed E-state index contributed by atoms with van der Waals surface area (Å²) in [5.41, 5.74) is 1.04. The van der Waals surface area contributed by atoms with Gasteiger partial charge in [0, 0.05) is 29.8 Å². The molecule has 6 heteroatoms. The number of carbonyl (C=O) groups excluding carboxylic acids is 1. The number of amides is 1. The molecule has 1 amide bonds. The molecule has 0 spiro atoms. The van der Waals surface area contributed by atoms with Crippen molar-refractivity contribution in [1.29, 1.82) is 0 Å². The molecule has 118 valence electrons. The van der Waals surface area contributed by atoms with Gasteiger partial charge in [0.05, 0.1) is 18.2 Å². The average Bonchev–Trinajstić information content (AvgIpc) is 3.26. The van der Waals surface area contributed by atoms with E-state index in [-0.39, 0.29) is 24.0 Å². The van der Waals surface area contributed by atoms with E-state index in [0.29, 0.717) is 6.61 Å². The van der Waals surface area contributed by atoms with Crippen LogP contribution in [0, 0.1) is 0 Å². The first-order valence-electron chi connectivity index (χ1n) is 7.66. The molecule has 0 saturated carbocycles. The number of ether oxygens (including phenoxy) is 1. The highest BCUT2D eigenvalue weighted by molar-refractivity contribution is 7.10. The Hall–Kier alpha value is -1.66. The first-order valence-corrected chi connectivity index (χ1v) is 8.54. The predicted molar refractivity (Wildman–Crippen MR) is 85.9 cm³/mol. The van der Waals surface area contributed by atoms with Crippen LogP contribution < -0.4 is 5.32 Å². The molecule has 1 saturated heterocycles. The highest BCUT2D eigenvalue weighted by Crippen LogP contribution is 2.30. The van der Waals surface area contributed by atoms with Gasteiger partial charge in [0.2, 0.25) is 5.91 Å². The summed E-state index contributed by atoms with van der Waals surface area (Å²) in [5, 5.41) is 9.44. The number of aromatic nitrogens is 2. The van der Waals surface area contributed by atoms with E-state index in [1.165, 1.54) is 0 Å². The van der Waals surface area contributed by atoms with E-state index < -0.39 is 0 Å². The van der Waals surface area contributed by atoms with Crippen molar-refractivity contribution in [2.45, 2.75) is 44.9 Å². The zero-order valence-electron chi connectivity index (χ0n) is 12.9. The van der Waals surface area contributed by atoms with Gasteiger partial charge < -0.3 is 10.1 Å². The van der Waals surface area contributed by atoms with Gasteiger partial charge in [-0.2, -0.15) is 5.10 Å². The Morgan fingerprint density at radius 1 is 1.64 bits per heavy atom. The van der Waals surface area contributed by atoms with Gasteiger partial charge in [-0.1, -0.05) is 6.07 Å². The SMILES string of the molecule is CCn1cc([C@H]2OCC[C@@H]2NC(=O)[C@@H](C)c2cccs2)cn1. The normalized spacial score (nSPS) is 22.6. The predicted octanol–water partition coefficient (Wildman–Crippen LogP) is 2.71. The molecule has 0 aromatic carbocycles. The van der Waals surface area contributed by atoms with Crippen LogP contribution >= 0.6 is 11.3 Å². The van der Waals surface area contributed by atoms with Crippen LogP contribution in [0.2, 0.25) is 0 Å². The summed E-state index contributed by atoms with van der Waals surface area (Å²) in [5.74, 6) is -0.0644. The summed E-state index contributed by atoms with van der Waals surface area (Å²) >= 11 is 1.62. The van der Waals surface area contributed by atoms with Crippen LogP contribution in [-0.4, -0.2) is 28.3 Å². The lowest BCUT2D eigenvalue weighted by Crippen LogP contribution is -2.38. The number of nitrogens with one attached hydrogen (secondary N) is 1. The minimum absolute atomic E-state index is 0.0180. The standard InChI is InChI=1S/C16H21N3O2S/c1-3-19-10-12(9-17-19)15-13(6-7-21-15)18-16(20)11(2)14-5-4-8-22-14/h4-5,8-11,13,15H,3,6-7H2,1-2H3,(H,18,20)/t11-,13-,15+/m0/s1. The smallest absolute Gasteiger partial charge is 0.228 e. The van der Waals surface area contributed by atoms with Gasteiger partial charge in [-0.15, -0.1) is 11.3 Å². The number of hydrogen-bond donors (Lipinski definition) is 1. The Bertz CT molecular complexity index is 623. The van der Waals surface area contributed by atoms with E-state index in [2.05, 4.69) is 10.4 Å². The molecule has 0 aliphatic carbocycles. The maximum absolute atomic E-state index is 12.5. The second-order valence-corrected chi connectivity index (χ2v) is 6.54. The molecule has 2 aromatic rings. The fourth-order valence-corrected chi connectivity index (χ4v) is 3.52. The maximum atomic E-state index is 12.5. The van der Waals surface area contributed by atoms with Crippen molar-refractivity contribution >= 4 is 17.2 Å². The molecule has 5 nitrogen and oxygen atoms in total. The third kappa shape index (κ3) is 3.08. The van der Waals surface area contributed by atoms with Crippen molar-refractivity contribution in [2.24, 2.45) is 0 Å². The fourth-order valence-electron chi connectivity index (χ4n) is 2.74. The van der Waals surface area contributed by atoms with Crippen molar-refractivity contribution in [3.63, 3.8) is 0 Å². The van der Waals surface area contributed by atoms with Crippen molar-refractivity contribution in [3.05, 3.63) is 40.3 Å². The highest BCUT2D eigenvalue weighted by Gasteiger charge is 2.33. The molecule has 1 fully saturated rings. The number of carbonyl (C=O) groups is 1. The van der Waals surface area contributed by atoms with E-state index in [4.69, 9.17) is 4.74 Å². The number of nitrogens with zero attached hydrogens (tertiary/aromatic N) is 2. The Morgan fingerprint density at radius 3 is 3.18 bits per heavy atom. The molecular weight excluding hydrogens is 298 g/mol. The molecule has 1 aliphatic rings. The second-order valence-electron chi connectivity index (χ2n) is 5.56.